The number of amides is 2. The third-order valence-corrected chi connectivity index (χ3v) is 7.11. The van der Waals surface area contributed by atoms with Gasteiger partial charge >= 0.3 is 6.03 Å². The zero-order chi connectivity index (χ0) is 19.9. The highest BCUT2D eigenvalue weighted by atomic mass is 32.1. The molecule has 2 amide bonds. The number of rotatable bonds is 3. The number of fused-ring (bicyclic) bond motifs is 1. The van der Waals surface area contributed by atoms with Crippen molar-refractivity contribution in [1.82, 2.24) is 9.88 Å². The predicted octanol–water partition coefficient (Wildman–Crippen LogP) is 3.17. The van der Waals surface area contributed by atoms with Crippen LogP contribution < -0.4 is 10.5 Å². The monoisotopic (exact) mass is 405 g/mol. The Morgan fingerprint density at radius 1 is 1.43 bits per heavy atom. The second-order valence-corrected chi connectivity index (χ2v) is 9.00. The lowest BCUT2D eigenvalue weighted by Crippen LogP contribution is -2.49. The number of nitrogens with zero attached hydrogens (tertiary/aromatic N) is 2. The minimum atomic E-state index is -0.845. The van der Waals surface area contributed by atoms with Gasteiger partial charge in [-0.2, -0.15) is 0 Å². The molecule has 8 heteroatoms. The number of carbonyl (C=O) groups excluding carboxylic acids is 1. The number of primary amides is 1. The number of urea groups is 1. The number of methoxy groups -OCH3 is 1. The van der Waals surface area contributed by atoms with Crippen LogP contribution in [0.15, 0.2) is 12.1 Å². The average Bonchev–Trinajstić information content (AvgIpc) is 3.12. The van der Waals surface area contributed by atoms with Crippen molar-refractivity contribution in [2.24, 2.45) is 5.73 Å². The van der Waals surface area contributed by atoms with Gasteiger partial charge in [0.15, 0.2) is 0 Å². The summed E-state index contributed by atoms with van der Waals surface area (Å²) in [6.07, 6.45) is 2.90. The molecule has 1 aromatic heterocycles. The summed E-state index contributed by atoms with van der Waals surface area (Å²) >= 11 is 1.58. The number of carbonyl (C=O) groups is 1. The molecular weight excluding hydrogens is 378 g/mol. The van der Waals surface area contributed by atoms with Gasteiger partial charge in [0.2, 0.25) is 0 Å². The van der Waals surface area contributed by atoms with Gasteiger partial charge in [-0.1, -0.05) is 6.07 Å². The molecule has 0 aliphatic carbocycles. The molecule has 2 atom stereocenters. The van der Waals surface area contributed by atoms with Crippen LogP contribution in [0.25, 0.3) is 10.2 Å². The zero-order valence-corrected chi connectivity index (χ0v) is 17.1. The fraction of sp³-hybridized carbons (Fsp3) is 0.600. The van der Waals surface area contributed by atoms with Crippen LogP contribution >= 0.6 is 11.3 Å². The molecule has 152 valence electrons. The molecule has 0 saturated carbocycles. The first-order valence-corrected chi connectivity index (χ1v) is 10.5. The number of nitrogens with two attached hydrogens (primary N) is 1. The van der Waals surface area contributed by atoms with E-state index in [2.05, 4.69) is 6.07 Å². The maximum absolute atomic E-state index is 12.0. The van der Waals surface area contributed by atoms with Gasteiger partial charge in [-0.15, -0.1) is 11.3 Å². The number of benzene rings is 1. The fourth-order valence-corrected chi connectivity index (χ4v) is 5.58. The zero-order valence-electron chi connectivity index (χ0n) is 16.3. The van der Waals surface area contributed by atoms with E-state index in [1.165, 1.54) is 5.56 Å². The van der Waals surface area contributed by atoms with Gasteiger partial charge < -0.3 is 25.2 Å². The highest BCUT2D eigenvalue weighted by Gasteiger charge is 2.39. The number of ether oxygens (including phenoxy) is 2. The number of likely N-dealkylation sites (tertiary alicyclic amines) is 1. The van der Waals surface area contributed by atoms with Crippen molar-refractivity contribution in [2.45, 2.75) is 50.2 Å². The summed E-state index contributed by atoms with van der Waals surface area (Å²) in [5, 5.41) is 11.4. The van der Waals surface area contributed by atoms with Crippen LogP contribution in [0.4, 0.5) is 4.79 Å². The highest BCUT2D eigenvalue weighted by molar-refractivity contribution is 7.18. The molecule has 2 aliphatic rings. The summed E-state index contributed by atoms with van der Waals surface area (Å²) in [7, 11) is 1.64. The van der Waals surface area contributed by atoms with E-state index in [0.29, 0.717) is 25.3 Å². The van der Waals surface area contributed by atoms with Crippen LogP contribution in [0.2, 0.25) is 0 Å². The van der Waals surface area contributed by atoms with Crippen LogP contribution in [-0.2, 0) is 4.74 Å². The Morgan fingerprint density at radius 2 is 2.18 bits per heavy atom. The van der Waals surface area contributed by atoms with Crippen molar-refractivity contribution in [1.29, 1.82) is 0 Å². The lowest BCUT2D eigenvalue weighted by molar-refractivity contribution is -0.0197. The quantitative estimate of drug-likeness (QED) is 0.817. The van der Waals surface area contributed by atoms with Crippen molar-refractivity contribution < 1.29 is 19.4 Å². The van der Waals surface area contributed by atoms with Crippen molar-refractivity contribution >= 4 is 27.6 Å². The minimum Gasteiger partial charge on any atom is -0.494 e. The Balaban J connectivity index is 1.79. The first-order valence-electron chi connectivity index (χ1n) is 9.73. The molecular formula is C20H27N3O4S. The predicted molar refractivity (Wildman–Crippen MR) is 108 cm³/mol. The highest BCUT2D eigenvalue weighted by Crippen LogP contribution is 2.44. The van der Waals surface area contributed by atoms with Crippen molar-refractivity contribution in [3.05, 3.63) is 22.7 Å². The minimum absolute atomic E-state index is 0.328. The third kappa shape index (κ3) is 3.56. The Labute approximate surface area is 168 Å². The van der Waals surface area contributed by atoms with E-state index in [-0.39, 0.29) is 6.04 Å². The summed E-state index contributed by atoms with van der Waals surface area (Å²) in [5.74, 6) is 1.15. The summed E-state index contributed by atoms with van der Waals surface area (Å²) < 4.78 is 12.2. The number of aromatic nitrogens is 1. The molecule has 0 radical (unpaired) electrons. The maximum Gasteiger partial charge on any atom is 0.315 e. The number of thiazole rings is 1. The third-order valence-electron chi connectivity index (χ3n) is 5.90. The fourth-order valence-electron chi connectivity index (χ4n) is 4.29. The second-order valence-electron chi connectivity index (χ2n) is 7.97. The standard InChI is InChI=1S/C20H27N3O4S/c1-20(25)7-8-23(19(21)24)14(11-20)18-22-16-15(26-2)4-3-13(17(16)28-18)12-5-9-27-10-6-12/h3-4,12,14,25H,5-11H2,1-2H3,(H2,21,24). The average molecular weight is 406 g/mol. The summed E-state index contributed by atoms with van der Waals surface area (Å²) in [6, 6.07) is 3.30. The van der Waals surface area contributed by atoms with Crippen LogP contribution in [0.5, 0.6) is 5.75 Å². The van der Waals surface area contributed by atoms with Crippen molar-refractivity contribution in [3.8, 4) is 5.75 Å². The van der Waals surface area contributed by atoms with Crippen LogP contribution in [0.1, 0.15) is 55.1 Å². The Kier molecular flexibility index (Phi) is 5.20. The number of piperidine rings is 1. The molecule has 7 nitrogen and oxygen atoms in total. The first kappa shape index (κ1) is 19.4. The summed E-state index contributed by atoms with van der Waals surface area (Å²) in [6.45, 7) is 3.77. The molecule has 3 heterocycles. The molecule has 2 saturated heterocycles. The van der Waals surface area contributed by atoms with Gasteiger partial charge in [-0.3, -0.25) is 0 Å². The van der Waals surface area contributed by atoms with E-state index in [4.69, 9.17) is 20.2 Å². The van der Waals surface area contributed by atoms with Crippen LogP contribution in [-0.4, -0.2) is 53.5 Å². The lowest BCUT2D eigenvalue weighted by atomic mass is 9.88. The Bertz CT molecular complexity index is 876. The van der Waals surface area contributed by atoms with Gasteiger partial charge in [0.25, 0.3) is 0 Å². The summed E-state index contributed by atoms with van der Waals surface area (Å²) in [4.78, 5) is 18.5. The smallest absolute Gasteiger partial charge is 0.315 e. The number of aliphatic hydroxyl groups is 1. The van der Waals surface area contributed by atoms with E-state index in [1.807, 2.05) is 6.07 Å². The Hall–Kier alpha value is -1.90. The van der Waals surface area contributed by atoms with Gasteiger partial charge in [0.05, 0.1) is 23.5 Å². The topological polar surface area (TPSA) is 97.9 Å². The molecule has 0 bridgehead atoms. The largest absolute Gasteiger partial charge is 0.494 e. The molecule has 2 fully saturated rings. The second kappa shape index (κ2) is 7.50. The summed E-state index contributed by atoms with van der Waals surface area (Å²) in [5.41, 5.74) is 6.86. The van der Waals surface area contributed by atoms with Gasteiger partial charge in [-0.25, -0.2) is 9.78 Å². The lowest BCUT2D eigenvalue weighted by Gasteiger charge is -2.40. The number of hydrogen-bond donors (Lipinski definition) is 2. The van der Waals surface area contributed by atoms with Crippen LogP contribution in [0, 0.1) is 0 Å². The molecule has 28 heavy (non-hydrogen) atoms. The normalized spacial score (nSPS) is 26.5. The maximum atomic E-state index is 12.0. The molecule has 4 rings (SSSR count). The SMILES string of the molecule is COc1ccc(C2CCOCC2)c2sc(C3CC(C)(O)CCN3C(N)=O)nc12. The molecule has 2 aromatic rings. The van der Waals surface area contributed by atoms with Crippen LogP contribution in [0.3, 0.4) is 0 Å². The molecule has 2 aliphatic heterocycles. The van der Waals surface area contributed by atoms with Gasteiger partial charge in [0.1, 0.15) is 16.3 Å². The van der Waals surface area contributed by atoms with Gasteiger partial charge in [-0.05, 0) is 43.7 Å². The first-order chi connectivity index (χ1) is 13.4. The van der Waals surface area contributed by atoms with E-state index >= 15 is 0 Å². The molecule has 0 spiro atoms. The van der Waals surface area contributed by atoms with Gasteiger partial charge in [0, 0.05) is 26.2 Å². The van der Waals surface area contributed by atoms with E-state index in [1.54, 1.807) is 30.3 Å². The molecule has 3 N–H and O–H groups in total. The van der Waals surface area contributed by atoms with E-state index < -0.39 is 11.6 Å². The Morgan fingerprint density at radius 3 is 2.86 bits per heavy atom. The molecule has 1 aromatic carbocycles. The van der Waals surface area contributed by atoms with Crippen molar-refractivity contribution in [2.75, 3.05) is 26.9 Å². The van der Waals surface area contributed by atoms with E-state index in [0.717, 1.165) is 47.0 Å². The van der Waals surface area contributed by atoms with E-state index in [9.17, 15) is 9.90 Å². The number of hydrogen-bond acceptors (Lipinski definition) is 6. The molecule has 2 unspecified atom stereocenters. The van der Waals surface area contributed by atoms with Crippen molar-refractivity contribution in [3.63, 3.8) is 0 Å².